The number of hydrogen-bond donors (Lipinski definition) is 0. The molecule has 1 heterocycles. The van der Waals surface area contributed by atoms with Gasteiger partial charge in [0.25, 0.3) is 0 Å². The molecule has 98 valence electrons. The van der Waals surface area contributed by atoms with Crippen molar-refractivity contribution >= 4 is 38.4 Å². The van der Waals surface area contributed by atoms with Gasteiger partial charge in [-0.25, -0.2) is 0 Å². The van der Waals surface area contributed by atoms with Gasteiger partial charge in [0.2, 0.25) is 0 Å². The topological polar surface area (TPSA) is 36.9 Å². The van der Waals surface area contributed by atoms with Gasteiger partial charge < -0.3 is 18.0 Å². The van der Waals surface area contributed by atoms with Gasteiger partial charge in [-0.1, -0.05) is 0 Å². The molecule has 1 atom stereocenters. The molecule has 0 spiro atoms. The van der Waals surface area contributed by atoms with Crippen molar-refractivity contribution in [3.05, 3.63) is 0 Å². The summed E-state index contributed by atoms with van der Waals surface area (Å²) in [6.45, 7) is 8.57. The first-order chi connectivity index (χ1) is 7.79. The molecule has 0 aromatic heterocycles. The van der Waals surface area contributed by atoms with Crippen LogP contribution in [0.2, 0.25) is 0 Å². The Morgan fingerprint density at radius 1 is 1.00 bits per heavy atom. The third-order valence-corrected chi connectivity index (χ3v) is 5.93. The molecule has 1 aliphatic rings. The van der Waals surface area contributed by atoms with E-state index in [1.165, 1.54) is 6.42 Å². The molecular weight excluding hydrogens is 247 g/mol. The first-order valence-corrected chi connectivity index (χ1v) is 8.12. The molecule has 1 saturated heterocycles. The van der Waals surface area contributed by atoms with Crippen molar-refractivity contribution in [3.63, 3.8) is 0 Å². The van der Waals surface area contributed by atoms with E-state index in [2.05, 4.69) is 0 Å². The van der Waals surface area contributed by atoms with Crippen LogP contribution in [0.25, 0.3) is 0 Å². The molecule has 1 unspecified atom stereocenters. The molecule has 1 fully saturated rings. The Hall–Kier alpha value is 1.06. The normalized spacial score (nSPS) is 21.0. The quantitative estimate of drug-likeness (QED) is 0.658. The Bertz CT molecular complexity index is 171. The predicted octanol–water partition coefficient (Wildman–Crippen LogP) is 1.49. The average molecular weight is 272 g/mol. The minimum absolute atomic E-state index is 0. The maximum atomic E-state index is 5.82. The van der Waals surface area contributed by atoms with Crippen molar-refractivity contribution in [1.82, 2.24) is 0 Å². The zero-order valence-electron chi connectivity index (χ0n) is 10.7. The van der Waals surface area contributed by atoms with Gasteiger partial charge in [0.1, 0.15) is 5.73 Å². The van der Waals surface area contributed by atoms with Crippen molar-refractivity contribution in [3.8, 4) is 0 Å². The van der Waals surface area contributed by atoms with Crippen LogP contribution in [0.3, 0.4) is 0 Å². The van der Waals surface area contributed by atoms with E-state index in [1.807, 2.05) is 20.8 Å². The summed E-state index contributed by atoms with van der Waals surface area (Å²) in [5, 5.41) is 0. The Kier molecular flexibility index (Phi) is 10.5. The molecule has 0 N–H and O–H groups in total. The van der Waals surface area contributed by atoms with E-state index >= 15 is 0 Å². The van der Waals surface area contributed by atoms with Gasteiger partial charge in [-0.05, 0) is 40.0 Å². The van der Waals surface area contributed by atoms with Crippen LogP contribution < -0.4 is 0 Å². The Morgan fingerprint density at radius 2 is 1.53 bits per heavy atom. The average Bonchev–Trinajstić information content (AvgIpc) is 2.31. The first kappa shape index (κ1) is 18.1. The zero-order valence-corrected chi connectivity index (χ0v) is 11.7. The van der Waals surface area contributed by atoms with E-state index < -0.39 is 8.80 Å². The monoisotopic (exact) mass is 272 g/mol. The molecule has 0 radical (unpaired) electrons. The molecule has 0 saturated carbocycles. The predicted molar refractivity (Wildman–Crippen MR) is 71.4 cm³/mol. The molecule has 0 aliphatic carbocycles. The molecule has 4 nitrogen and oxygen atoms in total. The fourth-order valence-corrected chi connectivity index (χ4v) is 4.92. The van der Waals surface area contributed by atoms with Gasteiger partial charge in [0, 0.05) is 26.4 Å². The van der Waals surface area contributed by atoms with E-state index in [9.17, 15) is 0 Å². The van der Waals surface area contributed by atoms with Crippen LogP contribution in [-0.2, 0) is 18.0 Å². The van der Waals surface area contributed by atoms with E-state index in [0.717, 1.165) is 19.4 Å². The zero-order chi connectivity index (χ0) is 11.9. The van der Waals surface area contributed by atoms with Crippen LogP contribution in [0.5, 0.6) is 0 Å². The second-order valence-electron chi connectivity index (χ2n) is 3.76. The van der Waals surface area contributed by atoms with Gasteiger partial charge in [0.15, 0.2) is 0 Å². The van der Waals surface area contributed by atoms with Gasteiger partial charge in [-0.15, -0.1) is 0 Å². The van der Waals surface area contributed by atoms with E-state index in [-0.39, 0.29) is 35.3 Å². The summed E-state index contributed by atoms with van der Waals surface area (Å²) in [7, 11) is -2.62. The third kappa shape index (κ3) is 5.28. The maximum absolute atomic E-state index is 5.82. The fourth-order valence-electron chi connectivity index (χ4n) is 2.03. The van der Waals surface area contributed by atoms with Crippen molar-refractivity contribution in [1.29, 1.82) is 0 Å². The molecule has 1 rings (SSSR count). The third-order valence-electron chi connectivity index (χ3n) is 2.61. The van der Waals surface area contributed by atoms with Gasteiger partial charge in [0.05, 0.1) is 0 Å². The molecule has 0 bridgehead atoms. The molecule has 0 aromatic rings. The molecule has 6 heteroatoms. The molecular formula is C11H25NaO4Si. The minimum atomic E-state index is -2.62. The molecule has 0 aromatic carbocycles. The SMILES string of the molecule is CCO[Si](OCC)(OCC)C1CCCCO1.[NaH]. The summed E-state index contributed by atoms with van der Waals surface area (Å²) in [5.74, 6) is 0. The van der Waals surface area contributed by atoms with E-state index in [4.69, 9.17) is 18.0 Å². The molecule has 0 amide bonds. The fraction of sp³-hybridized carbons (Fsp3) is 1.00. The van der Waals surface area contributed by atoms with Crippen LogP contribution in [0, 0.1) is 0 Å². The first-order valence-electron chi connectivity index (χ1n) is 6.32. The molecule has 17 heavy (non-hydrogen) atoms. The second-order valence-corrected chi connectivity index (χ2v) is 6.47. The van der Waals surface area contributed by atoms with Gasteiger partial charge in [-0.3, -0.25) is 0 Å². The summed E-state index contributed by atoms with van der Waals surface area (Å²) >= 11 is 0. The standard InChI is InChI=1S/C11H24O4Si.Na.H/c1-4-13-16(14-5-2,15-6-3)11-9-7-8-10-12-11;;/h11H,4-10H2,1-3H3;;. The van der Waals surface area contributed by atoms with Crippen molar-refractivity contribution in [2.75, 3.05) is 26.4 Å². The number of hydrogen-bond acceptors (Lipinski definition) is 4. The number of ether oxygens (including phenoxy) is 1. The van der Waals surface area contributed by atoms with Crippen molar-refractivity contribution in [2.24, 2.45) is 0 Å². The summed E-state index contributed by atoms with van der Waals surface area (Å²) < 4.78 is 23.2. The van der Waals surface area contributed by atoms with Crippen LogP contribution in [0.1, 0.15) is 40.0 Å². The molecule has 1 aliphatic heterocycles. The Labute approximate surface area is 128 Å². The van der Waals surface area contributed by atoms with Crippen LogP contribution >= 0.6 is 0 Å². The van der Waals surface area contributed by atoms with Gasteiger partial charge >= 0.3 is 38.4 Å². The summed E-state index contributed by atoms with van der Waals surface area (Å²) in [6, 6.07) is 0. The number of rotatable bonds is 7. The van der Waals surface area contributed by atoms with Crippen LogP contribution in [0.4, 0.5) is 0 Å². The Balaban J connectivity index is 0.00000256. The van der Waals surface area contributed by atoms with E-state index in [1.54, 1.807) is 0 Å². The van der Waals surface area contributed by atoms with Crippen molar-refractivity contribution in [2.45, 2.75) is 45.8 Å². The van der Waals surface area contributed by atoms with Gasteiger partial charge in [-0.2, -0.15) is 0 Å². The van der Waals surface area contributed by atoms with Crippen LogP contribution in [0.15, 0.2) is 0 Å². The summed E-state index contributed by atoms with van der Waals surface area (Å²) in [4.78, 5) is 0. The second kappa shape index (κ2) is 9.92. The van der Waals surface area contributed by atoms with Crippen LogP contribution in [-0.4, -0.2) is 70.5 Å². The Morgan fingerprint density at radius 3 is 1.88 bits per heavy atom. The summed E-state index contributed by atoms with van der Waals surface area (Å²) in [6.07, 6.45) is 3.30. The van der Waals surface area contributed by atoms with Crippen molar-refractivity contribution < 1.29 is 18.0 Å². The summed E-state index contributed by atoms with van der Waals surface area (Å²) in [5.41, 5.74) is 0.0288. The van der Waals surface area contributed by atoms with E-state index in [0.29, 0.717) is 19.8 Å².